The maximum atomic E-state index is 4.60. The summed E-state index contributed by atoms with van der Waals surface area (Å²) >= 11 is 8.65. The van der Waals surface area contributed by atoms with Gasteiger partial charge in [-0.3, -0.25) is 0 Å². The fraction of sp³-hybridized carbons (Fsp3) is 0.385. The molecule has 0 radical (unpaired) electrons. The third-order valence-corrected chi connectivity index (χ3v) is 4.59. The smallest absolute Gasteiger partial charge is 0.133 e. The van der Waals surface area contributed by atoms with Crippen molar-refractivity contribution in [1.82, 2.24) is 9.97 Å². The monoisotopic (exact) mass is 403 g/mol. The molecule has 2 heterocycles. The topological polar surface area (TPSA) is 29.0 Å². The zero-order valence-corrected chi connectivity index (χ0v) is 14.8. The Morgan fingerprint density at radius 2 is 2.05 bits per heavy atom. The predicted octanol–water partition coefficient (Wildman–Crippen LogP) is 4.65. The standard InChI is InChI=1S/C13H15Br2N3S/c1-3-4-12-16-10(14)6-13(17-12)18(2)7-9-5-11(15)19-8-9/h5-6,8H,3-4,7H2,1-2H3. The van der Waals surface area contributed by atoms with Crippen molar-refractivity contribution in [2.75, 3.05) is 11.9 Å². The van der Waals surface area contributed by atoms with Crippen LogP contribution >= 0.6 is 43.2 Å². The normalized spacial score (nSPS) is 10.7. The summed E-state index contributed by atoms with van der Waals surface area (Å²) in [5, 5.41) is 2.16. The van der Waals surface area contributed by atoms with Crippen molar-refractivity contribution in [1.29, 1.82) is 0 Å². The molecular formula is C13H15Br2N3S. The molecule has 0 bridgehead atoms. The maximum Gasteiger partial charge on any atom is 0.133 e. The molecule has 0 saturated heterocycles. The molecule has 2 aromatic rings. The predicted molar refractivity (Wildman–Crippen MR) is 87.9 cm³/mol. The van der Waals surface area contributed by atoms with E-state index >= 15 is 0 Å². The second-order valence-corrected chi connectivity index (χ2v) is 7.43. The molecule has 0 fully saturated rings. The molecule has 2 rings (SSSR count). The minimum absolute atomic E-state index is 0.844. The molecule has 0 aliphatic heterocycles. The minimum atomic E-state index is 0.844. The molecule has 0 N–H and O–H groups in total. The zero-order chi connectivity index (χ0) is 13.8. The first-order valence-corrected chi connectivity index (χ1v) is 8.52. The van der Waals surface area contributed by atoms with Gasteiger partial charge in [0.15, 0.2) is 0 Å². The van der Waals surface area contributed by atoms with Crippen molar-refractivity contribution in [3.63, 3.8) is 0 Å². The summed E-state index contributed by atoms with van der Waals surface area (Å²) in [5.74, 6) is 1.85. The summed E-state index contributed by atoms with van der Waals surface area (Å²) in [5.41, 5.74) is 1.28. The number of hydrogen-bond donors (Lipinski definition) is 0. The van der Waals surface area contributed by atoms with Crippen LogP contribution in [0.2, 0.25) is 0 Å². The van der Waals surface area contributed by atoms with Crippen molar-refractivity contribution < 1.29 is 0 Å². The molecule has 0 saturated carbocycles. The molecule has 0 aliphatic carbocycles. The van der Waals surface area contributed by atoms with Gasteiger partial charge < -0.3 is 4.90 Å². The molecule has 19 heavy (non-hydrogen) atoms. The largest absolute Gasteiger partial charge is 0.355 e. The Balaban J connectivity index is 2.15. The van der Waals surface area contributed by atoms with Crippen LogP contribution in [0.5, 0.6) is 0 Å². The van der Waals surface area contributed by atoms with Gasteiger partial charge in [0.1, 0.15) is 16.2 Å². The van der Waals surface area contributed by atoms with Crippen LogP contribution in [0.15, 0.2) is 25.9 Å². The molecule has 0 amide bonds. The quantitative estimate of drug-likeness (QED) is 0.679. The number of aryl methyl sites for hydroxylation is 1. The van der Waals surface area contributed by atoms with Crippen LogP contribution in [0.4, 0.5) is 5.82 Å². The van der Waals surface area contributed by atoms with Crippen LogP contribution < -0.4 is 4.90 Å². The van der Waals surface area contributed by atoms with E-state index in [9.17, 15) is 0 Å². The molecule has 3 nitrogen and oxygen atoms in total. The van der Waals surface area contributed by atoms with Gasteiger partial charge in [-0.25, -0.2) is 9.97 Å². The van der Waals surface area contributed by atoms with E-state index in [4.69, 9.17) is 0 Å². The third-order valence-electron chi connectivity index (χ3n) is 2.63. The lowest BCUT2D eigenvalue weighted by atomic mass is 10.3. The molecule has 6 heteroatoms. The number of hydrogen-bond acceptors (Lipinski definition) is 4. The lowest BCUT2D eigenvalue weighted by Crippen LogP contribution is -2.18. The van der Waals surface area contributed by atoms with E-state index in [0.29, 0.717) is 0 Å². The van der Waals surface area contributed by atoms with E-state index in [0.717, 1.165) is 39.4 Å². The van der Waals surface area contributed by atoms with Crippen LogP contribution in [-0.2, 0) is 13.0 Å². The van der Waals surface area contributed by atoms with Gasteiger partial charge in [-0.2, -0.15) is 0 Å². The Kier molecular flexibility index (Phi) is 5.36. The molecule has 0 aliphatic rings. The van der Waals surface area contributed by atoms with Gasteiger partial charge in [0.05, 0.1) is 3.79 Å². The minimum Gasteiger partial charge on any atom is -0.355 e. The summed E-state index contributed by atoms with van der Waals surface area (Å²) < 4.78 is 2.01. The lowest BCUT2D eigenvalue weighted by Gasteiger charge is -2.18. The number of nitrogens with zero attached hydrogens (tertiary/aromatic N) is 3. The van der Waals surface area contributed by atoms with E-state index in [1.165, 1.54) is 5.56 Å². The van der Waals surface area contributed by atoms with Gasteiger partial charge in [-0.05, 0) is 55.3 Å². The van der Waals surface area contributed by atoms with E-state index < -0.39 is 0 Å². The summed E-state index contributed by atoms with van der Waals surface area (Å²) in [6.07, 6.45) is 1.96. The summed E-state index contributed by atoms with van der Waals surface area (Å²) in [4.78, 5) is 11.1. The van der Waals surface area contributed by atoms with Crippen molar-refractivity contribution >= 4 is 49.0 Å². The first-order valence-electron chi connectivity index (χ1n) is 6.06. The van der Waals surface area contributed by atoms with Gasteiger partial charge >= 0.3 is 0 Å². The highest BCUT2D eigenvalue weighted by molar-refractivity contribution is 9.11. The average molecular weight is 405 g/mol. The molecule has 102 valence electrons. The van der Waals surface area contributed by atoms with Gasteiger partial charge in [0.2, 0.25) is 0 Å². The van der Waals surface area contributed by atoms with Gasteiger partial charge in [-0.1, -0.05) is 6.92 Å². The second-order valence-electron chi connectivity index (χ2n) is 4.33. The van der Waals surface area contributed by atoms with Crippen LogP contribution in [0.3, 0.4) is 0 Å². The number of thiophene rings is 1. The Hall–Kier alpha value is -0.460. The van der Waals surface area contributed by atoms with Crippen molar-refractivity contribution in [3.8, 4) is 0 Å². The molecule has 0 unspecified atom stereocenters. The molecule has 2 aromatic heterocycles. The molecular weight excluding hydrogens is 390 g/mol. The first-order chi connectivity index (χ1) is 9.08. The summed E-state index contributed by atoms with van der Waals surface area (Å²) in [6.45, 7) is 2.98. The van der Waals surface area contributed by atoms with E-state index in [-0.39, 0.29) is 0 Å². The Morgan fingerprint density at radius 3 is 2.68 bits per heavy atom. The first kappa shape index (κ1) is 14.9. The Bertz CT molecular complexity index is 557. The molecule has 0 spiro atoms. The summed E-state index contributed by atoms with van der Waals surface area (Å²) in [6, 6.07) is 4.10. The molecule has 0 aromatic carbocycles. The number of halogens is 2. The fourth-order valence-electron chi connectivity index (χ4n) is 1.77. The van der Waals surface area contributed by atoms with Crippen LogP contribution in [0.25, 0.3) is 0 Å². The highest BCUT2D eigenvalue weighted by atomic mass is 79.9. The molecule has 0 atom stereocenters. The van der Waals surface area contributed by atoms with Crippen LogP contribution in [0.1, 0.15) is 24.7 Å². The number of aromatic nitrogens is 2. The van der Waals surface area contributed by atoms with Crippen molar-refractivity contribution in [2.24, 2.45) is 0 Å². The van der Waals surface area contributed by atoms with Gasteiger partial charge in [0, 0.05) is 26.1 Å². The number of anilines is 1. The van der Waals surface area contributed by atoms with Crippen LogP contribution in [-0.4, -0.2) is 17.0 Å². The second kappa shape index (κ2) is 6.81. The third kappa shape index (κ3) is 4.26. The Labute approximate surface area is 134 Å². The van der Waals surface area contributed by atoms with E-state index in [1.807, 2.05) is 6.07 Å². The lowest BCUT2D eigenvalue weighted by molar-refractivity contribution is 0.807. The van der Waals surface area contributed by atoms with Crippen LogP contribution in [0, 0.1) is 0 Å². The van der Waals surface area contributed by atoms with Gasteiger partial charge in [0.25, 0.3) is 0 Å². The SMILES string of the molecule is CCCc1nc(Br)cc(N(C)Cc2csc(Br)c2)n1. The number of rotatable bonds is 5. The average Bonchev–Trinajstić information content (AvgIpc) is 2.74. The zero-order valence-electron chi connectivity index (χ0n) is 10.9. The Morgan fingerprint density at radius 1 is 1.26 bits per heavy atom. The van der Waals surface area contributed by atoms with Crippen molar-refractivity contribution in [3.05, 3.63) is 37.3 Å². The summed E-state index contributed by atoms with van der Waals surface area (Å²) in [7, 11) is 2.05. The maximum absolute atomic E-state index is 4.60. The van der Waals surface area contributed by atoms with E-state index in [1.54, 1.807) is 11.3 Å². The van der Waals surface area contributed by atoms with E-state index in [2.05, 4.69) is 72.1 Å². The van der Waals surface area contributed by atoms with Gasteiger partial charge in [-0.15, -0.1) is 11.3 Å². The highest BCUT2D eigenvalue weighted by Crippen LogP contribution is 2.23. The van der Waals surface area contributed by atoms with Crippen molar-refractivity contribution in [2.45, 2.75) is 26.3 Å². The fourth-order valence-corrected chi connectivity index (χ4v) is 3.38. The highest BCUT2D eigenvalue weighted by Gasteiger charge is 2.08.